The first-order chi connectivity index (χ1) is 10.6. The number of carbonyl (C=O) groups excluding carboxylic acids is 1. The van der Waals surface area contributed by atoms with Gasteiger partial charge in [0.05, 0.1) is 6.10 Å². The zero-order valence-electron chi connectivity index (χ0n) is 13.1. The molecule has 3 nitrogen and oxygen atoms in total. The smallest absolute Gasteiger partial charge is 0.137 e. The minimum Gasteiger partial charge on any atom is -0.387 e. The van der Waals surface area contributed by atoms with E-state index < -0.39 is 6.10 Å². The Morgan fingerprint density at radius 1 is 1.27 bits per heavy atom. The minimum absolute atomic E-state index is 0.0601. The molecule has 22 heavy (non-hydrogen) atoms. The fourth-order valence-electron chi connectivity index (χ4n) is 3.81. The number of hydrogen-bond acceptors (Lipinski definition) is 3. The minimum atomic E-state index is -0.540. The Bertz CT molecular complexity index is 540. The molecule has 0 aliphatic heterocycles. The number of nitrogens with one attached hydrogen (secondary N) is 1. The number of fused-ring (bicyclic) bond motifs is 2. The third kappa shape index (κ3) is 3.31. The maximum Gasteiger partial charge on any atom is 0.137 e. The van der Waals surface area contributed by atoms with Gasteiger partial charge in [-0.25, -0.2) is 0 Å². The molecule has 0 aromatic heterocycles. The highest BCUT2D eigenvalue weighted by Gasteiger charge is 2.39. The molecule has 2 bridgehead atoms. The quantitative estimate of drug-likeness (QED) is 0.761. The topological polar surface area (TPSA) is 49.3 Å². The van der Waals surface area contributed by atoms with Crippen molar-refractivity contribution in [2.45, 2.75) is 38.3 Å². The van der Waals surface area contributed by atoms with Crippen molar-refractivity contribution >= 4 is 5.78 Å². The van der Waals surface area contributed by atoms with Crippen molar-refractivity contribution < 1.29 is 9.90 Å². The molecule has 0 amide bonds. The van der Waals surface area contributed by atoms with Crippen LogP contribution in [0.15, 0.2) is 42.5 Å². The first-order valence-electron chi connectivity index (χ1n) is 8.32. The monoisotopic (exact) mass is 299 g/mol. The summed E-state index contributed by atoms with van der Waals surface area (Å²) in [6.45, 7) is 2.60. The Balaban J connectivity index is 1.43. The van der Waals surface area contributed by atoms with Crippen LogP contribution in [-0.4, -0.2) is 23.5 Å². The van der Waals surface area contributed by atoms with Crippen LogP contribution < -0.4 is 5.32 Å². The van der Waals surface area contributed by atoms with Gasteiger partial charge in [0.15, 0.2) is 0 Å². The highest BCUT2D eigenvalue weighted by molar-refractivity contribution is 5.82. The molecule has 3 heteroatoms. The second-order valence-corrected chi connectivity index (χ2v) is 6.70. The second-order valence-electron chi connectivity index (χ2n) is 6.70. The summed E-state index contributed by atoms with van der Waals surface area (Å²) in [5.74, 6) is 1.76. The number of aliphatic hydroxyl groups excluding tert-OH is 1. The lowest BCUT2D eigenvalue weighted by Gasteiger charge is -2.21. The molecule has 0 radical (unpaired) electrons. The third-order valence-electron chi connectivity index (χ3n) is 5.14. The molecule has 118 valence electrons. The molecule has 2 N–H and O–H groups in total. The van der Waals surface area contributed by atoms with Gasteiger partial charge in [-0.15, -0.1) is 0 Å². The third-order valence-corrected chi connectivity index (χ3v) is 5.14. The van der Waals surface area contributed by atoms with Gasteiger partial charge < -0.3 is 10.4 Å². The molecular formula is C19H25NO2. The van der Waals surface area contributed by atoms with Crippen LogP contribution in [0.4, 0.5) is 0 Å². The van der Waals surface area contributed by atoms with Crippen LogP contribution in [0.3, 0.4) is 0 Å². The summed E-state index contributed by atoms with van der Waals surface area (Å²) < 4.78 is 0. The van der Waals surface area contributed by atoms with Crippen molar-refractivity contribution in [1.29, 1.82) is 0 Å². The van der Waals surface area contributed by atoms with E-state index in [1.165, 1.54) is 6.42 Å². The van der Waals surface area contributed by atoms with Gasteiger partial charge >= 0.3 is 0 Å². The predicted molar refractivity (Wildman–Crippen MR) is 87.3 cm³/mol. The SMILES string of the molecule is CC(NCCC(=O)C1CC2C=CC1C2)C(O)c1ccccc1. The molecule has 1 saturated carbocycles. The second kappa shape index (κ2) is 6.76. The van der Waals surface area contributed by atoms with E-state index in [0.29, 0.717) is 30.6 Å². The van der Waals surface area contributed by atoms with Gasteiger partial charge in [0.25, 0.3) is 0 Å². The summed E-state index contributed by atoms with van der Waals surface area (Å²) in [6, 6.07) is 9.59. The highest BCUT2D eigenvalue weighted by Crippen LogP contribution is 2.44. The summed E-state index contributed by atoms with van der Waals surface area (Å²) in [5, 5.41) is 13.6. The van der Waals surface area contributed by atoms with Gasteiger partial charge in [0.2, 0.25) is 0 Å². The Morgan fingerprint density at radius 3 is 2.68 bits per heavy atom. The van der Waals surface area contributed by atoms with Crippen molar-refractivity contribution in [3.63, 3.8) is 0 Å². The van der Waals surface area contributed by atoms with Crippen molar-refractivity contribution in [2.75, 3.05) is 6.54 Å². The van der Waals surface area contributed by atoms with E-state index in [9.17, 15) is 9.90 Å². The Kier molecular flexibility index (Phi) is 4.74. The van der Waals surface area contributed by atoms with E-state index in [2.05, 4.69) is 17.5 Å². The van der Waals surface area contributed by atoms with Crippen LogP contribution in [-0.2, 0) is 4.79 Å². The summed E-state index contributed by atoms with van der Waals surface area (Å²) >= 11 is 0. The van der Waals surface area contributed by atoms with E-state index >= 15 is 0 Å². The van der Waals surface area contributed by atoms with Crippen LogP contribution in [0.25, 0.3) is 0 Å². The van der Waals surface area contributed by atoms with Crippen LogP contribution >= 0.6 is 0 Å². The molecule has 0 spiro atoms. The molecule has 2 aliphatic rings. The highest BCUT2D eigenvalue weighted by atomic mass is 16.3. The van der Waals surface area contributed by atoms with Crippen molar-refractivity contribution in [3.05, 3.63) is 48.0 Å². The lowest BCUT2D eigenvalue weighted by atomic mass is 9.88. The van der Waals surface area contributed by atoms with Gasteiger partial charge in [-0.3, -0.25) is 4.79 Å². The molecule has 3 rings (SSSR count). The first-order valence-corrected chi connectivity index (χ1v) is 8.32. The van der Waals surface area contributed by atoms with Gasteiger partial charge in [0, 0.05) is 24.9 Å². The largest absolute Gasteiger partial charge is 0.387 e. The molecule has 1 aromatic rings. The molecule has 0 saturated heterocycles. The molecule has 1 aromatic carbocycles. The number of aliphatic hydroxyl groups is 1. The van der Waals surface area contributed by atoms with E-state index in [-0.39, 0.29) is 12.0 Å². The summed E-state index contributed by atoms with van der Waals surface area (Å²) in [4.78, 5) is 12.3. The number of benzene rings is 1. The first kappa shape index (κ1) is 15.4. The number of rotatable bonds is 7. The molecule has 1 fully saturated rings. The fraction of sp³-hybridized carbons (Fsp3) is 0.526. The standard InChI is InChI=1S/C19H25NO2/c1-13(19(22)15-5-3-2-4-6-15)20-10-9-18(21)17-12-14-7-8-16(17)11-14/h2-8,13-14,16-17,19-20,22H,9-12H2,1H3. The maximum atomic E-state index is 12.3. The van der Waals surface area contributed by atoms with Gasteiger partial charge in [-0.2, -0.15) is 0 Å². The van der Waals surface area contributed by atoms with Crippen LogP contribution in [0.1, 0.15) is 37.9 Å². The van der Waals surface area contributed by atoms with Crippen molar-refractivity contribution in [3.8, 4) is 0 Å². The van der Waals surface area contributed by atoms with E-state index in [0.717, 1.165) is 12.0 Å². The number of hydrogen-bond donors (Lipinski definition) is 2. The van der Waals surface area contributed by atoms with Crippen molar-refractivity contribution in [1.82, 2.24) is 5.32 Å². The predicted octanol–water partition coefficient (Wildman–Crippen LogP) is 2.87. The van der Waals surface area contributed by atoms with E-state index in [4.69, 9.17) is 0 Å². The van der Waals surface area contributed by atoms with Gasteiger partial charge in [-0.1, -0.05) is 42.5 Å². The average molecular weight is 299 g/mol. The Hall–Kier alpha value is -1.45. The fourth-order valence-corrected chi connectivity index (χ4v) is 3.81. The Labute approximate surface area is 132 Å². The summed E-state index contributed by atoms with van der Waals surface area (Å²) in [5.41, 5.74) is 0.909. The average Bonchev–Trinajstić information content (AvgIpc) is 3.17. The number of allylic oxidation sites excluding steroid dienone is 2. The van der Waals surface area contributed by atoms with Gasteiger partial charge in [-0.05, 0) is 37.2 Å². The zero-order chi connectivity index (χ0) is 15.5. The molecule has 5 unspecified atom stereocenters. The van der Waals surface area contributed by atoms with E-state index in [1.54, 1.807) is 0 Å². The normalized spacial score (nSPS) is 28.7. The molecule has 2 aliphatic carbocycles. The number of Topliss-reactive ketones (excluding diaryl/α,β-unsaturated/α-hetero) is 1. The summed E-state index contributed by atoms with van der Waals surface area (Å²) in [7, 11) is 0. The maximum absolute atomic E-state index is 12.3. The number of ketones is 1. The van der Waals surface area contributed by atoms with Gasteiger partial charge in [0.1, 0.15) is 5.78 Å². The lowest BCUT2D eigenvalue weighted by Crippen LogP contribution is -2.34. The van der Waals surface area contributed by atoms with Crippen LogP contribution in [0, 0.1) is 17.8 Å². The van der Waals surface area contributed by atoms with Crippen molar-refractivity contribution in [2.24, 2.45) is 17.8 Å². The van der Waals surface area contributed by atoms with Crippen LogP contribution in [0.5, 0.6) is 0 Å². The molecule has 5 atom stereocenters. The lowest BCUT2D eigenvalue weighted by molar-refractivity contribution is -0.123. The zero-order valence-corrected chi connectivity index (χ0v) is 13.1. The van der Waals surface area contributed by atoms with E-state index in [1.807, 2.05) is 37.3 Å². The summed E-state index contributed by atoms with van der Waals surface area (Å²) in [6.07, 6.45) is 6.74. The molecular weight excluding hydrogens is 274 g/mol. The molecule has 0 heterocycles. The Morgan fingerprint density at radius 2 is 2.05 bits per heavy atom. The van der Waals surface area contributed by atoms with Crippen LogP contribution in [0.2, 0.25) is 0 Å². The number of carbonyl (C=O) groups is 1.